The lowest BCUT2D eigenvalue weighted by Gasteiger charge is -2.22. The molecule has 8 heteroatoms. The molecule has 3 amide bonds. The molecule has 1 unspecified atom stereocenters. The molecule has 0 bridgehead atoms. The topological polar surface area (TPSA) is 99.8 Å². The molecular weight excluding hydrogens is 384 g/mol. The normalized spacial score (nSPS) is 15.8. The fourth-order valence-corrected chi connectivity index (χ4v) is 3.21. The molecule has 0 aromatic heterocycles. The standard InChI is InChI=1S/C22H34N4O4/c1-15(23-20(28)16(2)24-21(29)30-22(3,4)5)13-19(27)25-17-9-8-10-18(14-17)26-11-6-7-12-26/h8-10,14-16H,6-7,11-13H2,1-5H3,(H,23,28)(H,24,29)(H,25,27)/t15?,16-/m1/s1. The number of carbonyl (C=O) groups is 3. The Morgan fingerprint density at radius 3 is 2.40 bits per heavy atom. The van der Waals surface area contributed by atoms with Crippen molar-refractivity contribution >= 4 is 29.3 Å². The molecule has 166 valence electrons. The van der Waals surface area contributed by atoms with E-state index in [4.69, 9.17) is 4.74 Å². The van der Waals surface area contributed by atoms with E-state index in [1.165, 1.54) is 12.8 Å². The summed E-state index contributed by atoms with van der Waals surface area (Å²) in [6.45, 7) is 10.6. The van der Waals surface area contributed by atoms with Crippen molar-refractivity contribution in [2.45, 2.75) is 71.6 Å². The zero-order chi connectivity index (χ0) is 22.3. The number of hydrogen-bond acceptors (Lipinski definition) is 5. The molecule has 1 saturated heterocycles. The molecule has 8 nitrogen and oxygen atoms in total. The van der Waals surface area contributed by atoms with Gasteiger partial charge >= 0.3 is 6.09 Å². The molecule has 1 heterocycles. The number of rotatable bonds is 7. The van der Waals surface area contributed by atoms with Gasteiger partial charge in [-0.1, -0.05) is 6.07 Å². The smallest absolute Gasteiger partial charge is 0.408 e. The van der Waals surface area contributed by atoms with Crippen LogP contribution >= 0.6 is 0 Å². The van der Waals surface area contributed by atoms with Crippen LogP contribution in [0.1, 0.15) is 53.9 Å². The second-order valence-electron chi connectivity index (χ2n) is 8.77. The summed E-state index contributed by atoms with van der Waals surface area (Å²) in [6.07, 6.45) is 1.84. The maximum atomic E-state index is 12.4. The third-order valence-electron chi connectivity index (χ3n) is 4.61. The van der Waals surface area contributed by atoms with Gasteiger partial charge in [-0.15, -0.1) is 0 Å². The summed E-state index contributed by atoms with van der Waals surface area (Å²) in [7, 11) is 0. The molecule has 30 heavy (non-hydrogen) atoms. The monoisotopic (exact) mass is 418 g/mol. The van der Waals surface area contributed by atoms with Crippen molar-refractivity contribution in [2.24, 2.45) is 0 Å². The summed E-state index contributed by atoms with van der Waals surface area (Å²) in [5, 5.41) is 8.12. The Balaban J connectivity index is 1.79. The molecule has 1 aliphatic heterocycles. The Morgan fingerprint density at radius 1 is 1.10 bits per heavy atom. The van der Waals surface area contributed by atoms with Crippen molar-refractivity contribution < 1.29 is 19.1 Å². The van der Waals surface area contributed by atoms with Gasteiger partial charge in [0.1, 0.15) is 11.6 Å². The Labute approximate surface area is 178 Å². The highest BCUT2D eigenvalue weighted by atomic mass is 16.6. The van der Waals surface area contributed by atoms with Gasteiger partial charge in [0.2, 0.25) is 11.8 Å². The minimum atomic E-state index is -0.775. The molecule has 0 spiro atoms. The molecule has 1 fully saturated rings. The predicted molar refractivity (Wildman–Crippen MR) is 118 cm³/mol. The lowest BCUT2D eigenvalue weighted by Crippen LogP contribution is -2.49. The first-order chi connectivity index (χ1) is 14.0. The maximum Gasteiger partial charge on any atom is 0.408 e. The largest absolute Gasteiger partial charge is 0.444 e. The van der Waals surface area contributed by atoms with Gasteiger partial charge in [0.25, 0.3) is 0 Å². The highest BCUT2D eigenvalue weighted by molar-refractivity contribution is 5.92. The van der Waals surface area contributed by atoms with Crippen molar-refractivity contribution in [3.63, 3.8) is 0 Å². The van der Waals surface area contributed by atoms with Gasteiger partial charge in [-0.3, -0.25) is 9.59 Å². The van der Waals surface area contributed by atoms with Gasteiger partial charge in [-0.05, 0) is 65.7 Å². The van der Waals surface area contributed by atoms with Gasteiger partial charge in [0.15, 0.2) is 0 Å². The Hall–Kier alpha value is -2.77. The zero-order valence-corrected chi connectivity index (χ0v) is 18.6. The van der Waals surface area contributed by atoms with Crippen molar-refractivity contribution in [1.82, 2.24) is 10.6 Å². The summed E-state index contributed by atoms with van der Waals surface area (Å²) in [6, 6.07) is 6.64. The first kappa shape index (κ1) is 23.5. The van der Waals surface area contributed by atoms with Crippen LogP contribution in [0.5, 0.6) is 0 Å². The van der Waals surface area contributed by atoms with E-state index in [0.29, 0.717) is 0 Å². The minimum Gasteiger partial charge on any atom is -0.444 e. The average molecular weight is 419 g/mol. The first-order valence-corrected chi connectivity index (χ1v) is 10.5. The maximum absolute atomic E-state index is 12.4. The molecule has 0 radical (unpaired) electrons. The quantitative estimate of drug-likeness (QED) is 0.632. The van der Waals surface area contributed by atoms with Crippen molar-refractivity contribution in [3.05, 3.63) is 24.3 Å². The molecule has 2 rings (SSSR count). The van der Waals surface area contributed by atoms with E-state index in [1.54, 1.807) is 34.6 Å². The minimum absolute atomic E-state index is 0.124. The Bertz CT molecular complexity index is 754. The lowest BCUT2D eigenvalue weighted by atomic mass is 10.2. The lowest BCUT2D eigenvalue weighted by molar-refractivity contribution is -0.123. The van der Waals surface area contributed by atoms with Crippen LogP contribution < -0.4 is 20.9 Å². The molecule has 1 aliphatic rings. The van der Waals surface area contributed by atoms with E-state index in [-0.39, 0.29) is 24.3 Å². The van der Waals surface area contributed by atoms with Crippen molar-refractivity contribution in [1.29, 1.82) is 0 Å². The summed E-state index contributed by atoms with van der Waals surface area (Å²) < 4.78 is 5.14. The Morgan fingerprint density at radius 2 is 1.77 bits per heavy atom. The third-order valence-corrected chi connectivity index (χ3v) is 4.61. The van der Waals surface area contributed by atoms with Crippen LogP contribution in [0.25, 0.3) is 0 Å². The number of nitrogens with one attached hydrogen (secondary N) is 3. The summed E-state index contributed by atoms with van der Waals surface area (Å²) >= 11 is 0. The highest BCUT2D eigenvalue weighted by Crippen LogP contribution is 2.23. The fraction of sp³-hybridized carbons (Fsp3) is 0.591. The summed E-state index contributed by atoms with van der Waals surface area (Å²) in [5.74, 6) is -0.564. The first-order valence-electron chi connectivity index (χ1n) is 10.5. The highest BCUT2D eigenvalue weighted by Gasteiger charge is 2.22. The number of anilines is 2. The second-order valence-corrected chi connectivity index (χ2v) is 8.77. The fourth-order valence-electron chi connectivity index (χ4n) is 3.21. The molecule has 2 atom stereocenters. The molecular formula is C22H34N4O4. The molecule has 1 aromatic carbocycles. The van der Waals surface area contributed by atoms with Crippen molar-refractivity contribution in [3.8, 4) is 0 Å². The summed E-state index contributed by atoms with van der Waals surface area (Å²) in [4.78, 5) is 38.7. The van der Waals surface area contributed by atoms with Gasteiger partial charge in [0, 0.05) is 36.9 Å². The van der Waals surface area contributed by atoms with Crippen LogP contribution in [0.4, 0.5) is 16.2 Å². The SMILES string of the molecule is CC(CC(=O)Nc1cccc(N2CCCC2)c1)NC(=O)[C@@H](C)NC(=O)OC(C)(C)C. The van der Waals surface area contributed by atoms with Crippen molar-refractivity contribution in [2.75, 3.05) is 23.3 Å². The van der Waals surface area contributed by atoms with Gasteiger partial charge < -0.3 is 25.6 Å². The van der Waals surface area contributed by atoms with E-state index in [2.05, 4.69) is 20.9 Å². The van der Waals surface area contributed by atoms with Gasteiger partial charge in [0.05, 0.1) is 0 Å². The number of nitrogens with zero attached hydrogens (tertiary/aromatic N) is 1. The average Bonchev–Trinajstić information content (AvgIpc) is 3.14. The van der Waals surface area contributed by atoms with Gasteiger partial charge in [-0.25, -0.2) is 4.79 Å². The Kier molecular flexibility index (Phi) is 8.08. The van der Waals surface area contributed by atoms with Gasteiger partial charge in [-0.2, -0.15) is 0 Å². The van der Waals surface area contributed by atoms with Crippen LogP contribution in [0.3, 0.4) is 0 Å². The molecule has 3 N–H and O–H groups in total. The predicted octanol–water partition coefficient (Wildman–Crippen LogP) is 3.03. The van der Waals surface area contributed by atoms with Crippen LogP contribution in [-0.2, 0) is 14.3 Å². The van der Waals surface area contributed by atoms with Crippen LogP contribution in [0, 0.1) is 0 Å². The van der Waals surface area contributed by atoms with Crippen LogP contribution in [0.2, 0.25) is 0 Å². The van der Waals surface area contributed by atoms with E-state index in [0.717, 1.165) is 24.5 Å². The number of amides is 3. The van der Waals surface area contributed by atoms with Crippen LogP contribution in [0.15, 0.2) is 24.3 Å². The number of hydrogen-bond donors (Lipinski definition) is 3. The number of alkyl carbamates (subject to hydrolysis) is 1. The third kappa shape index (κ3) is 7.93. The number of benzene rings is 1. The van der Waals surface area contributed by atoms with E-state index >= 15 is 0 Å². The number of ether oxygens (including phenoxy) is 1. The van der Waals surface area contributed by atoms with E-state index in [9.17, 15) is 14.4 Å². The zero-order valence-electron chi connectivity index (χ0n) is 18.6. The summed E-state index contributed by atoms with van der Waals surface area (Å²) in [5.41, 5.74) is 1.20. The van der Waals surface area contributed by atoms with E-state index in [1.807, 2.05) is 24.3 Å². The van der Waals surface area contributed by atoms with Crippen LogP contribution in [-0.4, -0.2) is 48.7 Å². The molecule has 0 saturated carbocycles. The van der Waals surface area contributed by atoms with E-state index < -0.39 is 17.7 Å². The second kappa shape index (κ2) is 10.3. The molecule has 1 aromatic rings. The molecule has 0 aliphatic carbocycles. The number of carbonyl (C=O) groups excluding carboxylic acids is 3.